The first kappa shape index (κ1) is 14.3. The molecule has 0 spiro atoms. The highest BCUT2D eigenvalue weighted by atomic mass is 16.6. The van der Waals surface area contributed by atoms with Crippen LogP contribution < -0.4 is 0 Å². The number of likely N-dealkylation sites (tertiary alicyclic amines) is 1. The van der Waals surface area contributed by atoms with E-state index < -0.39 is 5.60 Å². The third kappa shape index (κ3) is 4.19. The van der Waals surface area contributed by atoms with Crippen LogP contribution in [0.1, 0.15) is 47.0 Å². The van der Waals surface area contributed by atoms with E-state index in [9.17, 15) is 9.90 Å². The number of amides is 1. The van der Waals surface area contributed by atoms with Crippen LogP contribution in [0.5, 0.6) is 0 Å². The number of rotatable bonds is 3. The van der Waals surface area contributed by atoms with Crippen molar-refractivity contribution in [1.29, 1.82) is 0 Å². The average Bonchev–Trinajstić information content (AvgIpc) is 2.59. The summed E-state index contributed by atoms with van der Waals surface area (Å²) in [6, 6.07) is -0.0681. The van der Waals surface area contributed by atoms with Crippen molar-refractivity contribution in [3.8, 4) is 0 Å². The molecule has 0 aromatic rings. The lowest BCUT2D eigenvalue weighted by Gasteiger charge is -2.27. The van der Waals surface area contributed by atoms with Gasteiger partial charge in [0.2, 0.25) is 0 Å². The Hall–Kier alpha value is -0.770. The summed E-state index contributed by atoms with van der Waals surface area (Å²) in [5, 5.41) is 9.32. The number of hydrogen-bond donors (Lipinski definition) is 1. The zero-order valence-corrected chi connectivity index (χ0v) is 11.4. The van der Waals surface area contributed by atoms with Crippen molar-refractivity contribution in [3.05, 3.63) is 0 Å². The number of aliphatic hydroxyl groups excluding tert-OH is 1. The quantitative estimate of drug-likeness (QED) is 0.828. The van der Waals surface area contributed by atoms with Crippen molar-refractivity contribution in [2.75, 3.05) is 13.2 Å². The van der Waals surface area contributed by atoms with Crippen LogP contribution in [0.2, 0.25) is 0 Å². The van der Waals surface area contributed by atoms with E-state index in [1.165, 1.54) is 0 Å². The molecular formula is C13H25NO3. The maximum Gasteiger partial charge on any atom is 0.410 e. The van der Waals surface area contributed by atoms with Crippen LogP contribution >= 0.6 is 0 Å². The van der Waals surface area contributed by atoms with Gasteiger partial charge in [-0.2, -0.15) is 0 Å². The summed E-state index contributed by atoms with van der Waals surface area (Å²) in [6.07, 6.45) is 2.82. The zero-order chi connectivity index (χ0) is 13.1. The van der Waals surface area contributed by atoms with Crippen LogP contribution in [0.4, 0.5) is 4.79 Å². The second-order valence-electron chi connectivity index (χ2n) is 5.86. The first-order chi connectivity index (χ1) is 7.87. The predicted octanol–water partition coefficient (Wildman–Crippen LogP) is 2.40. The minimum atomic E-state index is -0.472. The van der Waals surface area contributed by atoms with Gasteiger partial charge in [0.05, 0.1) is 12.6 Å². The van der Waals surface area contributed by atoms with Gasteiger partial charge in [0, 0.05) is 6.54 Å². The van der Waals surface area contributed by atoms with Gasteiger partial charge < -0.3 is 14.7 Å². The Morgan fingerprint density at radius 3 is 2.59 bits per heavy atom. The maximum absolute atomic E-state index is 12.0. The summed E-state index contributed by atoms with van der Waals surface area (Å²) in [5.41, 5.74) is -0.472. The first-order valence-corrected chi connectivity index (χ1v) is 6.47. The van der Waals surface area contributed by atoms with Crippen LogP contribution in [-0.2, 0) is 4.74 Å². The van der Waals surface area contributed by atoms with E-state index >= 15 is 0 Å². The van der Waals surface area contributed by atoms with Crippen molar-refractivity contribution in [1.82, 2.24) is 4.90 Å². The van der Waals surface area contributed by atoms with Crippen molar-refractivity contribution in [3.63, 3.8) is 0 Å². The highest BCUT2D eigenvalue weighted by Gasteiger charge is 2.36. The summed E-state index contributed by atoms with van der Waals surface area (Å²) in [7, 11) is 0. The number of hydrogen-bond acceptors (Lipinski definition) is 3. The second-order valence-corrected chi connectivity index (χ2v) is 5.86. The summed E-state index contributed by atoms with van der Waals surface area (Å²) < 4.78 is 5.36. The van der Waals surface area contributed by atoms with Gasteiger partial charge >= 0.3 is 6.09 Å². The molecule has 0 aromatic carbocycles. The third-order valence-corrected chi connectivity index (χ3v) is 3.04. The molecule has 1 heterocycles. The van der Waals surface area contributed by atoms with Crippen molar-refractivity contribution in [2.45, 2.75) is 58.6 Å². The van der Waals surface area contributed by atoms with Gasteiger partial charge in [0.15, 0.2) is 0 Å². The lowest BCUT2D eigenvalue weighted by atomic mass is 10.0. The van der Waals surface area contributed by atoms with Gasteiger partial charge in [-0.15, -0.1) is 0 Å². The lowest BCUT2D eigenvalue weighted by molar-refractivity contribution is 0.0172. The molecule has 17 heavy (non-hydrogen) atoms. The van der Waals surface area contributed by atoms with Crippen LogP contribution in [0.3, 0.4) is 0 Å². The predicted molar refractivity (Wildman–Crippen MR) is 66.8 cm³/mol. The molecule has 1 N–H and O–H groups in total. The number of carbonyl (C=O) groups excluding carboxylic acids is 1. The molecule has 2 atom stereocenters. The average molecular weight is 243 g/mol. The van der Waals surface area contributed by atoms with Crippen LogP contribution in [0, 0.1) is 5.92 Å². The van der Waals surface area contributed by atoms with Gasteiger partial charge in [0.25, 0.3) is 0 Å². The normalized spacial score (nSPS) is 25.1. The maximum atomic E-state index is 12.0. The zero-order valence-electron chi connectivity index (χ0n) is 11.4. The standard InChI is InChI=1S/C13H25NO3/c1-5-6-10-7-11(9-15)14(8-10)12(16)17-13(2,3)4/h10-11,15H,5-9H2,1-4H3/t10-,11-/m1/s1. The Morgan fingerprint density at radius 1 is 1.47 bits per heavy atom. The number of nitrogens with zero attached hydrogens (tertiary/aromatic N) is 1. The highest BCUT2D eigenvalue weighted by Crippen LogP contribution is 2.28. The Kier molecular flexibility index (Phi) is 4.80. The Bertz CT molecular complexity index is 260. The van der Waals surface area contributed by atoms with Gasteiger partial charge in [-0.05, 0) is 39.5 Å². The van der Waals surface area contributed by atoms with Crippen molar-refractivity contribution in [2.24, 2.45) is 5.92 Å². The van der Waals surface area contributed by atoms with Gasteiger partial charge in [-0.1, -0.05) is 13.3 Å². The van der Waals surface area contributed by atoms with Crippen molar-refractivity contribution >= 4 is 6.09 Å². The SMILES string of the molecule is CCC[C@@H]1C[C@H](CO)N(C(=O)OC(C)(C)C)C1. The molecule has 0 radical (unpaired) electrons. The molecule has 0 unspecified atom stereocenters. The minimum absolute atomic E-state index is 0.0272. The molecule has 0 aliphatic carbocycles. The van der Waals surface area contributed by atoms with E-state index in [1.807, 2.05) is 20.8 Å². The molecule has 0 bridgehead atoms. The first-order valence-electron chi connectivity index (χ1n) is 6.47. The van der Waals surface area contributed by atoms with E-state index in [2.05, 4.69) is 6.92 Å². The van der Waals surface area contributed by atoms with Crippen LogP contribution in [0.15, 0.2) is 0 Å². The van der Waals surface area contributed by atoms with Gasteiger partial charge in [0.1, 0.15) is 5.60 Å². The fourth-order valence-electron chi connectivity index (χ4n) is 2.35. The fourth-order valence-corrected chi connectivity index (χ4v) is 2.35. The summed E-state index contributed by atoms with van der Waals surface area (Å²) in [6.45, 7) is 8.47. The molecule has 1 rings (SSSR count). The Morgan fingerprint density at radius 2 is 2.12 bits per heavy atom. The molecule has 1 amide bonds. The van der Waals surface area contributed by atoms with E-state index in [1.54, 1.807) is 4.90 Å². The number of ether oxygens (including phenoxy) is 1. The van der Waals surface area contributed by atoms with Crippen LogP contribution in [0.25, 0.3) is 0 Å². The molecule has 1 saturated heterocycles. The topological polar surface area (TPSA) is 49.8 Å². The van der Waals surface area contributed by atoms with Crippen LogP contribution in [-0.4, -0.2) is 40.9 Å². The van der Waals surface area contributed by atoms with Gasteiger partial charge in [-0.3, -0.25) is 0 Å². The minimum Gasteiger partial charge on any atom is -0.444 e. The molecular weight excluding hydrogens is 218 g/mol. The molecule has 4 heteroatoms. The Balaban J connectivity index is 2.59. The number of carbonyl (C=O) groups is 1. The molecule has 1 aliphatic heterocycles. The summed E-state index contributed by atoms with van der Waals surface area (Å²) in [4.78, 5) is 13.7. The molecule has 4 nitrogen and oxygen atoms in total. The third-order valence-electron chi connectivity index (χ3n) is 3.04. The lowest BCUT2D eigenvalue weighted by Crippen LogP contribution is -2.41. The molecule has 0 saturated carbocycles. The summed E-state index contributed by atoms with van der Waals surface area (Å²) in [5.74, 6) is 0.504. The van der Waals surface area contributed by atoms with E-state index in [0.29, 0.717) is 12.5 Å². The molecule has 1 fully saturated rings. The monoisotopic (exact) mass is 243 g/mol. The largest absolute Gasteiger partial charge is 0.444 e. The molecule has 1 aliphatic rings. The van der Waals surface area contributed by atoms with E-state index in [0.717, 1.165) is 19.3 Å². The van der Waals surface area contributed by atoms with Crippen molar-refractivity contribution < 1.29 is 14.6 Å². The number of aliphatic hydroxyl groups is 1. The summed E-state index contributed by atoms with van der Waals surface area (Å²) >= 11 is 0. The van der Waals surface area contributed by atoms with Gasteiger partial charge in [-0.25, -0.2) is 4.79 Å². The molecule has 100 valence electrons. The van der Waals surface area contributed by atoms with E-state index in [-0.39, 0.29) is 18.7 Å². The van der Waals surface area contributed by atoms with E-state index in [4.69, 9.17) is 4.74 Å². The smallest absolute Gasteiger partial charge is 0.410 e. The highest BCUT2D eigenvalue weighted by molar-refractivity contribution is 5.69. The fraction of sp³-hybridized carbons (Fsp3) is 0.923. The second kappa shape index (κ2) is 5.71. The Labute approximate surface area is 104 Å². The molecule has 0 aromatic heterocycles.